The van der Waals surface area contributed by atoms with Crippen molar-refractivity contribution in [3.8, 4) is 5.75 Å². The summed E-state index contributed by atoms with van der Waals surface area (Å²) in [6, 6.07) is 2.53. The van der Waals surface area contributed by atoms with E-state index in [9.17, 15) is 14.7 Å². The Kier molecular flexibility index (Phi) is 5.63. The number of methoxy groups -OCH3 is 1. The number of hydrogen-bond acceptors (Lipinski definition) is 4. The second-order valence-electron chi connectivity index (χ2n) is 3.50. The lowest BCUT2D eigenvalue weighted by molar-refractivity contribution is -0.142. The Morgan fingerprint density at radius 2 is 2.00 bits per heavy atom. The minimum atomic E-state index is -0.766. The summed E-state index contributed by atoms with van der Waals surface area (Å²) in [5, 5.41) is 12.3. The summed E-state index contributed by atoms with van der Waals surface area (Å²) in [5.41, 5.74) is 0.141. The molecule has 1 aromatic rings. The Labute approximate surface area is 132 Å². The Bertz CT molecular complexity index is 490. The number of benzene rings is 1. The van der Waals surface area contributed by atoms with Crippen LogP contribution in [0.4, 0.5) is 0 Å². The van der Waals surface area contributed by atoms with Gasteiger partial charge in [0.1, 0.15) is 11.8 Å². The molecule has 0 radical (unpaired) electrons. The van der Waals surface area contributed by atoms with E-state index in [1.165, 1.54) is 14.0 Å². The van der Waals surface area contributed by atoms with Crippen molar-refractivity contribution in [2.75, 3.05) is 7.11 Å². The smallest absolute Gasteiger partial charge is 0.328 e. The molecule has 0 heterocycles. The monoisotopic (exact) mass is 475 g/mol. The molecule has 1 atom stereocenters. The van der Waals surface area contributed by atoms with Crippen molar-refractivity contribution in [1.82, 2.24) is 5.32 Å². The predicted molar refractivity (Wildman–Crippen MR) is 82.5 cm³/mol. The topological polar surface area (TPSA) is 75.6 Å². The van der Waals surface area contributed by atoms with Crippen LogP contribution in [-0.4, -0.2) is 30.1 Å². The fraction of sp³-hybridized carbons (Fsp3) is 0.273. The van der Waals surface area contributed by atoms with Gasteiger partial charge in [0, 0.05) is 3.57 Å². The van der Waals surface area contributed by atoms with E-state index in [1.54, 1.807) is 12.1 Å². The third-order valence-corrected chi connectivity index (χ3v) is 3.62. The first kappa shape index (κ1) is 15.5. The molecule has 1 rings (SSSR count). The highest BCUT2D eigenvalue weighted by atomic mass is 127. The zero-order valence-electron chi connectivity index (χ0n) is 9.66. The van der Waals surface area contributed by atoms with Crippen molar-refractivity contribution < 1.29 is 19.4 Å². The Morgan fingerprint density at radius 1 is 1.39 bits per heavy atom. The summed E-state index contributed by atoms with van der Waals surface area (Å²) < 4.78 is 5.91. The van der Waals surface area contributed by atoms with Gasteiger partial charge in [-0.2, -0.15) is 0 Å². The number of ether oxygens (including phenoxy) is 1. The van der Waals surface area contributed by atoms with E-state index in [0.29, 0.717) is 3.57 Å². The Morgan fingerprint density at radius 3 is 2.56 bits per heavy atom. The van der Waals surface area contributed by atoms with Gasteiger partial charge in [-0.3, -0.25) is 4.79 Å². The van der Waals surface area contributed by atoms with Gasteiger partial charge in [0.05, 0.1) is 16.2 Å². The maximum absolute atomic E-state index is 11.9. The first-order chi connectivity index (χ1) is 8.36. The SMILES string of the molecule is COC(=O)C(C)NC(=O)c1cc(I)cc(I)c1O. The van der Waals surface area contributed by atoms with Crippen molar-refractivity contribution in [3.05, 3.63) is 24.8 Å². The first-order valence-electron chi connectivity index (χ1n) is 4.93. The van der Waals surface area contributed by atoms with Gasteiger partial charge < -0.3 is 15.2 Å². The van der Waals surface area contributed by atoms with Gasteiger partial charge in [0.2, 0.25) is 0 Å². The molecule has 1 unspecified atom stereocenters. The third kappa shape index (κ3) is 3.70. The van der Waals surface area contributed by atoms with Gasteiger partial charge in [0.25, 0.3) is 5.91 Å². The Hall–Kier alpha value is -0.580. The highest BCUT2D eigenvalue weighted by Crippen LogP contribution is 2.26. The van der Waals surface area contributed by atoms with E-state index in [1.807, 2.05) is 45.2 Å². The van der Waals surface area contributed by atoms with Crippen molar-refractivity contribution >= 4 is 57.1 Å². The molecule has 0 aliphatic carbocycles. The summed E-state index contributed by atoms with van der Waals surface area (Å²) in [4.78, 5) is 23.1. The standard InChI is InChI=1S/C11H11I2NO4/c1-5(11(17)18-2)14-10(16)7-3-6(12)4-8(13)9(7)15/h3-5,15H,1-2H3,(H,14,16). The van der Waals surface area contributed by atoms with E-state index in [0.717, 1.165) is 3.57 Å². The van der Waals surface area contributed by atoms with E-state index in [4.69, 9.17) is 0 Å². The zero-order valence-corrected chi connectivity index (χ0v) is 14.0. The molecule has 18 heavy (non-hydrogen) atoms. The molecular weight excluding hydrogens is 464 g/mol. The average Bonchev–Trinajstić information content (AvgIpc) is 2.32. The molecule has 1 amide bonds. The van der Waals surface area contributed by atoms with Crippen LogP contribution in [0.15, 0.2) is 12.1 Å². The number of hydrogen-bond donors (Lipinski definition) is 2. The van der Waals surface area contributed by atoms with Gasteiger partial charge in [-0.1, -0.05) is 0 Å². The fourth-order valence-corrected chi connectivity index (χ4v) is 3.09. The molecule has 2 N–H and O–H groups in total. The van der Waals surface area contributed by atoms with Gasteiger partial charge in [-0.25, -0.2) is 4.79 Å². The summed E-state index contributed by atoms with van der Waals surface area (Å²) >= 11 is 3.98. The fourth-order valence-electron chi connectivity index (χ4n) is 1.25. The van der Waals surface area contributed by atoms with E-state index < -0.39 is 17.9 Å². The average molecular weight is 475 g/mol. The number of phenolic OH excluding ortho intramolecular Hbond substituents is 1. The minimum absolute atomic E-state index is 0.0921. The van der Waals surface area contributed by atoms with Crippen LogP contribution in [0.5, 0.6) is 5.75 Å². The zero-order chi connectivity index (χ0) is 13.9. The number of amides is 1. The minimum Gasteiger partial charge on any atom is -0.506 e. The number of aromatic hydroxyl groups is 1. The highest BCUT2D eigenvalue weighted by Gasteiger charge is 2.20. The molecule has 0 bridgehead atoms. The van der Waals surface area contributed by atoms with E-state index in [-0.39, 0.29) is 11.3 Å². The van der Waals surface area contributed by atoms with Gasteiger partial charge in [0.15, 0.2) is 0 Å². The normalized spacial score (nSPS) is 11.8. The maximum Gasteiger partial charge on any atom is 0.328 e. The number of nitrogens with one attached hydrogen (secondary N) is 1. The third-order valence-electron chi connectivity index (χ3n) is 2.18. The van der Waals surface area contributed by atoms with Crippen LogP contribution in [0.1, 0.15) is 17.3 Å². The van der Waals surface area contributed by atoms with Gasteiger partial charge in [-0.15, -0.1) is 0 Å². The molecule has 0 aliphatic heterocycles. The van der Waals surface area contributed by atoms with Crippen molar-refractivity contribution in [2.45, 2.75) is 13.0 Å². The van der Waals surface area contributed by atoms with Crippen molar-refractivity contribution in [2.24, 2.45) is 0 Å². The van der Waals surface area contributed by atoms with Crippen LogP contribution in [-0.2, 0) is 9.53 Å². The molecule has 5 nitrogen and oxygen atoms in total. The molecular formula is C11H11I2NO4. The van der Waals surface area contributed by atoms with Crippen LogP contribution in [0, 0.1) is 7.14 Å². The largest absolute Gasteiger partial charge is 0.506 e. The number of rotatable bonds is 3. The molecule has 0 aromatic heterocycles. The first-order valence-corrected chi connectivity index (χ1v) is 7.09. The molecule has 0 spiro atoms. The van der Waals surface area contributed by atoms with Crippen molar-refractivity contribution in [1.29, 1.82) is 0 Å². The summed E-state index contributed by atoms with van der Waals surface area (Å²) in [6.45, 7) is 1.51. The lowest BCUT2D eigenvalue weighted by atomic mass is 10.2. The van der Waals surface area contributed by atoms with E-state index in [2.05, 4.69) is 10.1 Å². The number of carbonyl (C=O) groups is 2. The number of phenols is 1. The van der Waals surface area contributed by atoms with Gasteiger partial charge in [-0.05, 0) is 64.2 Å². The van der Waals surface area contributed by atoms with Crippen LogP contribution in [0.3, 0.4) is 0 Å². The number of esters is 1. The Balaban J connectivity index is 2.95. The van der Waals surface area contributed by atoms with Crippen LogP contribution < -0.4 is 5.32 Å². The predicted octanol–water partition coefficient (Wildman–Crippen LogP) is 1.89. The lowest BCUT2D eigenvalue weighted by Crippen LogP contribution is -2.39. The molecule has 7 heteroatoms. The molecule has 1 aromatic carbocycles. The van der Waals surface area contributed by atoms with Crippen LogP contribution in [0.2, 0.25) is 0 Å². The number of carbonyl (C=O) groups excluding carboxylic acids is 2. The second kappa shape index (κ2) is 6.55. The lowest BCUT2D eigenvalue weighted by Gasteiger charge is -2.13. The quantitative estimate of drug-likeness (QED) is 0.518. The summed E-state index contributed by atoms with van der Waals surface area (Å²) in [5.74, 6) is -1.14. The van der Waals surface area contributed by atoms with Gasteiger partial charge >= 0.3 is 5.97 Å². The number of halogens is 2. The second-order valence-corrected chi connectivity index (χ2v) is 5.91. The molecule has 98 valence electrons. The maximum atomic E-state index is 11.9. The summed E-state index contributed by atoms with van der Waals surface area (Å²) in [6.07, 6.45) is 0. The van der Waals surface area contributed by atoms with Crippen LogP contribution in [0.25, 0.3) is 0 Å². The molecule has 0 aliphatic rings. The molecule has 0 fully saturated rings. The summed E-state index contributed by atoms with van der Waals surface area (Å²) in [7, 11) is 1.25. The van der Waals surface area contributed by atoms with Crippen molar-refractivity contribution in [3.63, 3.8) is 0 Å². The van der Waals surface area contributed by atoms with Crippen LogP contribution >= 0.6 is 45.2 Å². The van der Waals surface area contributed by atoms with E-state index >= 15 is 0 Å². The molecule has 0 saturated carbocycles. The highest BCUT2D eigenvalue weighted by molar-refractivity contribution is 14.1. The molecule has 0 saturated heterocycles.